The summed E-state index contributed by atoms with van der Waals surface area (Å²) in [5.41, 5.74) is 3.28. The van der Waals surface area contributed by atoms with E-state index < -0.39 is 5.60 Å². The predicted octanol–water partition coefficient (Wildman–Crippen LogP) is 3.46. The normalized spacial score (nSPS) is 15.5. The van der Waals surface area contributed by atoms with Gasteiger partial charge in [-0.2, -0.15) is 0 Å². The molecule has 1 aliphatic carbocycles. The Morgan fingerprint density at radius 1 is 1.29 bits per heavy atom. The minimum Gasteiger partial charge on any atom is -0.443 e. The van der Waals surface area contributed by atoms with E-state index in [9.17, 15) is 4.79 Å². The van der Waals surface area contributed by atoms with Gasteiger partial charge in [-0.25, -0.2) is 4.79 Å². The average Bonchev–Trinajstić information content (AvgIpc) is 2.55. The zero-order chi connectivity index (χ0) is 12.6. The number of rotatable bonds is 0. The highest BCUT2D eigenvalue weighted by Gasteiger charge is 2.24. The third kappa shape index (κ3) is 2.54. The molecule has 94 valence electrons. The molecule has 1 aromatic heterocycles. The van der Waals surface area contributed by atoms with Crippen LogP contribution in [0.1, 0.15) is 50.4 Å². The van der Waals surface area contributed by atoms with Gasteiger partial charge in [0.25, 0.3) is 0 Å². The van der Waals surface area contributed by atoms with Crippen LogP contribution in [0.2, 0.25) is 0 Å². The molecule has 0 saturated heterocycles. The molecule has 0 amide bonds. The van der Waals surface area contributed by atoms with Crippen LogP contribution in [0.15, 0.2) is 6.20 Å². The standard InChI is InChI=1S/C14H21NO2/c1-10-9-15(13(16)17-14(2,3)4)12-8-6-5-7-11(10)12/h9H,5-8H2,1-4H3. The van der Waals surface area contributed by atoms with Crippen LogP contribution in [0.25, 0.3) is 0 Å². The Morgan fingerprint density at radius 2 is 1.94 bits per heavy atom. The summed E-state index contributed by atoms with van der Waals surface area (Å²) < 4.78 is 7.13. The molecular formula is C14H21NO2. The molecule has 0 radical (unpaired) electrons. The van der Waals surface area contributed by atoms with Gasteiger partial charge in [0.05, 0.1) is 0 Å². The first kappa shape index (κ1) is 12.2. The molecule has 0 unspecified atom stereocenters. The molecule has 2 rings (SSSR count). The molecule has 0 saturated carbocycles. The van der Waals surface area contributed by atoms with E-state index in [0.29, 0.717) is 0 Å². The van der Waals surface area contributed by atoms with Crippen molar-refractivity contribution in [2.24, 2.45) is 0 Å². The summed E-state index contributed by atoms with van der Waals surface area (Å²) in [4.78, 5) is 12.1. The highest BCUT2D eigenvalue weighted by Crippen LogP contribution is 2.26. The molecule has 1 aliphatic rings. The Labute approximate surface area is 103 Å². The van der Waals surface area contributed by atoms with E-state index >= 15 is 0 Å². The highest BCUT2D eigenvalue weighted by molar-refractivity contribution is 5.73. The van der Waals surface area contributed by atoms with Gasteiger partial charge in [-0.1, -0.05) is 0 Å². The van der Waals surface area contributed by atoms with E-state index in [-0.39, 0.29) is 6.09 Å². The third-order valence-electron chi connectivity index (χ3n) is 3.12. The molecule has 0 spiro atoms. The number of nitrogens with zero attached hydrogens (tertiary/aromatic N) is 1. The average molecular weight is 235 g/mol. The summed E-state index contributed by atoms with van der Waals surface area (Å²) in [5, 5.41) is 0. The van der Waals surface area contributed by atoms with Crippen LogP contribution in [-0.2, 0) is 17.6 Å². The van der Waals surface area contributed by atoms with E-state index in [1.165, 1.54) is 24.0 Å². The first-order chi connectivity index (χ1) is 7.88. The van der Waals surface area contributed by atoms with Crippen LogP contribution in [-0.4, -0.2) is 16.3 Å². The van der Waals surface area contributed by atoms with Crippen molar-refractivity contribution in [2.75, 3.05) is 0 Å². The second-order valence-corrected chi connectivity index (χ2v) is 5.79. The Balaban J connectivity index is 2.30. The van der Waals surface area contributed by atoms with Gasteiger partial charge in [0.2, 0.25) is 0 Å². The summed E-state index contributed by atoms with van der Waals surface area (Å²) in [6.07, 6.45) is 6.15. The summed E-state index contributed by atoms with van der Waals surface area (Å²) in [6.45, 7) is 7.76. The lowest BCUT2D eigenvalue weighted by Gasteiger charge is -2.21. The largest absolute Gasteiger partial charge is 0.443 e. The number of aromatic nitrogens is 1. The fraction of sp³-hybridized carbons (Fsp3) is 0.643. The van der Waals surface area contributed by atoms with Crippen LogP contribution in [0.4, 0.5) is 4.79 Å². The highest BCUT2D eigenvalue weighted by atomic mass is 16.6. The van der Waals surface area contributed by atoms with Crippen molar-refractivity contribution in [3.63, 3.8) is 0 Å². The van der Waals surface area contributed by atoms with E-state index in [1.807, 2.05) is 27.0 Å². The quantitative estimate of drug-likeness (QED) is 0.689. The van der Waals surface area contributed by atoms with Crippen molar-refractivity contribution in [2.45, 2.75) is 59.0 Å². The van der Waals surface area contributed by atoms with Crippen LogP contribution in [0.3, 0.4) is 0 Å². The zero-order valence-electron chi connectivity index (χ0n) is 11.2. The van der Waals surface area contributed by atoms with Gasteiger partial charge in [-0.15, -0.1) is 0 Å². The van der Waals surface area contributed by atoms with Gasteiger partial charge < -0.3 is 4.74 Å². The number of hydrogen-bond acceptors (Lipinski definition) is 2. The van der Waals surface area contributed by atoms with Crippen molar-refractivity contribution in [1.82, 2.24) is 4.57 Å². The second kappa shape index (κ2) is 4.21. The first-order valence-corrected chi connectivity index (χ1v) is 6.31. The Morgan fingerprint density at radius 3 is 2.59 bits per heavy atom. The second-order valence-electron chi connectivity index (χ2n) is 5.79. The smallest absolute Gasteiger partial charge is 0.418 e. The van der Waals surface area contributed by atoms with Crippen LogP contribution in [0, 0.1) is 6.92 Å². The Kier molecular flexibility index (Phi) is 3.02. The molecule has 17 heavy (non-hydrogen) atoms. The molecule has 3 heteroatoms. The molecule has 0 N–H and O–H groups in total. The van der Waals surface area contributed by atoms with Gasteiger partial charge in [0, 0.05) is 11.9 Å². The molecule has 0 aromatic carbocycles. The predicted molar refractivity (Wildman–Crippen MR) is 67.4 cm³/mol. The Hall–Kier alpha value is -1.25. The summed E-state index contributed by atoms with van der Waals surface area (Å²) in [7, 11) is 0. The lowest BCUT2D eigenvalue weighted by molar-refractivity contribution is 0.0532. The van der Waals surface area contributed by atoms with Crippen molar-refractivity contribution in [1.29, 1.82) is 0 Å². The monoisotopic (exact) mass is 235 g/mol. The number of carbonyl (C=O) groups is 1. The maximum absolute atomic E-state index is 12.1. The number of carbonyl (C=O) groups excluding carboxylic acids is 1. The summed E-state index contributed by atoms with van der Waals surface area (Å²) >= 11 is 0. The minimum absolute atomic E-state index is 0.247. The zero-order valence-corrected chi connectivity index (χ0v) is 11.2. The van der Waals surface area contributed by atoms with E-state index in [0.717, 1.165) is 18.5 Å². The fourth-order valence-electron chi connectivity index (χ4n) is 2.40. The molecule has 0 aliphatic heterocycles. The van der Waals surface area contributed by atoms with E-state index in [2.05, 4.69) is 6.92 Å². The van der Waals surface area contributed by atoms with Crippen LogP contribution >= 0.6 is 0 Å². The first-order valence-electron chi connectivity index (χ1n) is 6.31. The fourth-order valence-corrected chi connectivity index (χ4v) is 2.40. The van der Waals surface area contributed by atoms with E-state index in [1.54, 1.807) is 4.57 Å². The number of ether oxygens (including phenoxy) is 1. The SMILES string of the molecule is Cc1cn(C(=O)OC(C)(C)C)c2c1CCCC2. The lowest BCUT2D eigenvalue weighted by Crippen LogP contribution is -2.28. The van der Waals surface area contributed by atoms with Gasteiger partial charge in [-0.3, -0.25) is 4.57 Å². The van der Waals surface area contributed by atoms with Crippen molar-refractivity contribution < 1.29 is 9.53 Å². The number of hydrogen-bond donors (Lipinski definition) is 0. The van der Waals surface area contributed by atoms with Gasteiger partial charge in [0.15, 0.2) is 0 Å². The molecule has 0 bridgehead atoms. The minimum atomic E-state index is -0.434. The van der Waals surface area contributed by atoms with Crippen molar-refractivity contribution >= 4 is 6.09 Å². The van der Waals surface area contributed by atoms with E-state index in [4.69, 9.17) is 4.74 Å². The van der Waals surface area contributed by atoms with Crippen LogP contribution < -0.4 is 0 Å². The lowest BCUT2D eigenvalue weighted by atomic mass is 9.95. The maximum Gasteiger partial charge on any atom is 0.418 e. The molecule has 1 heterocycles. The molecule has 0 fully saturated rings. The summed E-state index contributed by atoms with van der Waals surface area (Å²) in [5.74, 6) is 0. The van der Waals surface area contributed by atoms with Gasteiger partial charge in [-0.05, 0) is 64.5 Å². The summed E-state index contributed by atoms with van der Waals surface area (Å²) in [6, 6.07) is 0. The van der Waals surface area contributed by atoms with Gasteiger partial charge >= 0.3 is 6.09 Å². The molecule has 0 atom stereocenters. The molecule has 1 aromatic rings. The third-order valence-corrected chi connectivity index (χ3v) is 3.12. The number of fused-ring (bicyclic) bond motifs is 1. The molecular weight excluding hydrogens is 214 g/mol. The topological polar surface area (TPSA) is 31.2 Å². The maximum atomic E-state index is 12.1. The number of aryl methyl sites for hydroxylation is 1. The van der Waals surface area contributed by atoms with Crippen LogP contribution in [0.5, 0.6) is 0 Å². The molecule has 3 nitrogen and oxygen atoms in total. The van der Waals surface area contributed by atoms with Crippen molar-refractivity contribution in [3.8, 4) is 0 Å². The Bertz CT molecular complexity index is 438. The van der Waals surface area contributed by atoms with Gasteiger partial charge in [0.1, 0.15) is 5.60 Å². The van der Waals surface area contributed by atoms with Crippen molar-refractivity contribution in [3.05, 3.63) is 23.0 Å².